The topological polar surface area (TPSA) is 105 Å². The number of aromatic nitrogens is 1. The molecule has 150 valence electrons. The second-order valence-electron chi connectivity index (χ2n) is 5.70. The number of amides is 1. The largest absolute Gasteiger partial charge is 0.396 e. The maximum absolute atomic E-state index is 12.6. The van der Waals surface area contributed by atoms with Gasteiger partial charge in [-0.15, -0.1) is 11.3 Å². The minimum absolute atomic E-state index is 0.0382. The predicted octanol–water partition coefficient (Wildman–Crippen LogP) is 5.30. The van der Waals surface area contributed by atoms with Crippen molar-refractivity contribution in [2.75, 3.05) is 11.9 Å². The molecule has 0 saturated heterocycles. The predicted molar refractivity (Wildman–Crippen MR) is 115 cm³/mol. The number of aliphatic hydroxyl groups is 1. The van der Waals surface area contributed by atoms with Gasteiger partial charge in [-0.1, -0.05) is 47.1 Å². The van der Waals surface area contributed by atoms with E-state index in [4.69, 9.17) is 28.3 Å². The third kappa shape index (κ3) is 5.26. The van der Waals surface area contributed by atoms with Crippen LogP contribution in [0.1, 0.15) is 15.2 Å². The molecule has 0 aliphatic carbocycles. The lowest BCUT2D eigenvalue weighted by molar-refractivity contribution is -0.387. The van der Waals surface area contributed by atoms with Crippen molar-refractivity contribution in [1.29, 1.82) is 0 Å². The Hall–Kier alpha value is -2.17. The highest BCUT2D eigenvalue weighted by Crippen LogP contribution is 2.45. The van der Waals surface area contributed by atoms with Crippen LogP contribution < -0.4 is 5.32 Å². The van der Waals surface area contributed by atoms with Crippen LogP contribution in [0.15, 0.2) is 51.8 Å². The molecule has 3 rings (SSSR count). The molecule has 0 saturated carbocycles. The van der Waals surface area contributed by atoms with Gasteiger partial charge in [-0.3, -0.25) is 19.9 Å². The van der Waals surface area contributed by atoms with Gasteiger partial charge in [0.2, 0.25) is 0 Å². The van der Waals surface area contributed by atoms with Crippen molar-refractivity contribution in [3.05, 3.63) is 73.3 Å². The fourth-order valence-electron chi connectivity index (χ4n) is 2.34. The molecule has 0 aliphatic heterocycles. The van der Waals surface area contributed by atoms with Gasteiger partial charge in [0.05, 0.1) is 19.9 Å². The molecule has 2 aromatic heterocycles. The van der Waals surface area contributed by atoms with Crippen molar-refractivity contribution in [2.24, 2.45) is 0 Å². The Morgan fingerprint density at radius 2 is 1.90 bits per heavy atom. The molecule has 0 aliphatic rings. The van der Waals surface area contributed by atoms with Crippen LogP contribution in [0.25, 0.3) is 0 Å². The second-order valence-corrected chi connectivity index (χ2v) is 8.85. The van der Waals surface area contributed by atoms with E-state index in [1.54, 1.807) is 24.3 Å². The molecule has 3 aromatic rings. The van der Waals surface area contributed by atoms with E-state index in [1.165, 1.54) is 18.5 Å². The maximum Gasteiger partial charge on any atom is 0.294 e. The molecular formula is C18H13Cl2N3O4S2. The minimum atomic E-state index is -0.553. The molecule has 0 bridgehead atoms. The average Bonchev–Trinajstić information content (AvgIpc) is 3.11. The summed E-state index contributed by atoms with van der Waals surface area (Å²) in [6, 6.07) is 8.22. The van der Waals surface area contributed by atoms with Crippen LogP contribution in [0, 0.1) is 10.1 Å². The molecule has 0 fully saturated rings. The van der Waals surface area contributed by atoms with E-state index in [0.717, 1.165) is 28.7 Å². The number of aliphatic hydroxyl groups excluding tert-OH is 1. The number of benzene rings is 1. The van der Waals surface area contributed by atoms with Crippen LogP contribution in [0.2, 0.25) is 10.0 Å². The van der Waals surface area contributed by atoms with Crippen LogP contribution >= 0.6 is 46.3 Å². The lowest BCUT2D eigenvalue weighted by atomic mass is 10.1. The van der Waals surface area contributed by atoms with Gasteiger partial charge in [0, 0.05) is 30.8 Å². The molecule has 1 aromatic carbocycles. The van der Waals surface area contributed by atoms with Crippen molar-refractivity contribution < 1.29 is 14.8 Å². The van der Waals surface area contributed by atoms with Crippen LogP contribution in [-0.2, 0) is 6.42 Å². The Bertz CT molecular complexity index is 1040. The van der Waals surface area contributed by atoms with E-state index >= 15 is 0 Å². The minimum Gasteiger partial charge on any atom is -0.396 e. The summed E-state index contributed by atoms with van der Waals surface area (Å²) in [4.78, 5) is 27.9. The van der Waals surface area contributed by atoms with Gasteiger partial charge in [0.15, 0.2) is 0 Å². The zero-order chi connectivity index (χ0) is 21.0. The fraction of sp³-hybridized carbons (Fsp3) is 0.111. The summed E-state index contributed by atoms with van der Waals surface area (Å²) in [6.45, 7) is 0.0382. The first kappa shape index (κ1) is 21.5. The molecule has 1 amide bonds. The standard InChI is InChI=1S/C18H13Cl2N3O4S2/c19-12-8-21-9-13(20)16(12)29-18-14(23(26)27)7-15(28-18)17(25)22-11-3-1-10(2-4-11)5-6-24/h1-4,7-9,24H,5-6H2,(H,22,25). The number of hydrogen-bond acceptors (Lipinski definition) is 7. The number of anilines is 1. The van der Waals surface area contributed by atoms with E-state index < -0.39 is 10.8 Å². The number of hydrogen-bond donors (Lipinski definition) is 2. The van der Waals surface area contributed by atoms with Gasteiger partial charge in [-0.05, 0) is 24.1 Å². The zero-order valence-corrected chi connectivity index (χ0v) is 17.7. The molecular weight excluding hydrogens is 457 g/mol. The van der Waals surface area contributed by atoms with E-state index in [1.807, 2.05) is 0 Å². The highest BCUT2D eigenvalue weighted by Gasteiger charge is 2.25. The number of carbonyl (C=O) groups excluding carboxylic acids is 1. The van der Waals surface area contributed by atoms with E-state index in [0.29, 0.717) is 17.0 Å². The molecule has 2 heterocycles. The molecule has 2 N–H and O–H groups in total. The zero-order valence-electron chi connectivity index (χ0n) is 14.6. The molecule has 0 spiro atoms. The van der Waals surface area contributed by atoms with Crippen LogP contribution in [0.3, 0.4) is 0 Å². The fourth-order valence-corrected chi connectivity index (χ4v) is 5.10. The monoisotopic (exact) mass is 469 g/mol. The van der Waals surface area contributed by atoms with Crippen molar-refractivity contribution >= 4 is 63.6 Å². The van der Waals surface area contributed by atoms with E-state index in [2.05, 4.69) is 10.3 Å². The Morgan fingerprint density at radius 1 is 1.24 bits per heavy atom. The van der Waals surface area contributed by atoms with Gasteiger partial charge in [-0.2, -0.15) is 0 Å². The molecule has 0 atom stereocenters. The molecule has 11 heteroatoms. The number of rotatable bonds is 7. The Morgan fingerprint density at radius 3 is 2.48 bits per heavy atom. The highest BCUT2D eigenvalue weighted by molar-refractivity contribution is 8.01. The first-order chi connectivity index (χ1) is 13.9. The summed E-state index contributed by atoms with van der Waals surface area (Å²) in [5.41, 5.74) is 1.27. The smallest absolute Gasteiger partial charge is 0.294 e. The molecule has 0 radical (unpaired) electrons. The summed E-state index contributed by atoms with van der Waals surface area (Å²) in [7, 11) is 0. The van der Waals surface area contributed by atoms with Crippen molar-refractivity contribution in [3.63, 3.8) is 0 Å². The summed E-state index contributed by atoms with van der Waals surface area (Å²) < 4.78 is 0.286. The van der Waals surface area contributed by atoms with Crippen LogP contribution in [0.5, 0.6) is 0 Å². The lowest BCUT2D eigenvalue weighted by Gasteiger charge is -2.05. The number of nitrogens with zero attached hydrogens (tertiary/aromatic N) is 2. The average molecular weight is 470 g/mol. The van der Waals surface area contributed by atoms with Gasteiger partial charge in [-0.25, -0.2) is 0 Å². The number of nitro groups is 1. The first-order valence-electron chi connectivity index (χ1n) is 8.15. The first-order valence-corrected chi connectivity index (χ1v) is 10.5. The van der Waals surface area contributed by atoms with E-state index in [-0.39, 0.29) is 31.4 Å². The van der Waals surface area contributed by atoms with E-state index in [9.17, 15) is 14.9 Å². The van der Waals surface area contributed by atoms with Crippen molar-refractivity contribution in [2.45, 2.75) is 15.5 Å². The van der Waals surface area contributed by atoms with Crippen LogP contribution in [0.4, 0.5) is 11.4 Å². The number of thiophene rings is 1. The Balaban J connectivity index is 1.84. The Labute approximate surface area is 183 Å². The summed E-state index contributed by atoms with van der Waals surface area (Å²) >= 11 is 14.2. The number of halogens is 2. The van der Waals surface area contributed by atoms with Crippen LogP contribution in [-0.4, -0.2) is 27.5 Å². The van der Waals surface area contributed by atoms with Gasteiger partial charge in [0.1, 0.15) is 9.09 Å². The SMILES string of the molecule is O=C(Nc1ccc(CCO)cc1)c1cc([N+](=O)[O-])c(Sc2c(Cl)cncc2Cl)s1. The third-order valence-electron chi connectivity index (χ3n) is 3.72. The number of pyridine rings is 1. The van der Waals surface area contributed by atoms with Crippen molar-refractivity contribution in [3.8, 4) is 0 Å². The molecule has 29 heavy (non-hydrogen) atoms. The number of carbonyl (C=O) groups is 1. The lowest BCUT2D eigenvalue weighted by Crippen LogP contribution is -2.10. The Kier molecular flexibility index (Phi) is 7.09. The second kappa shape index (κ2) is 9.55. The van der Waals surface area contributed by atoms with Gasteiger partial charge < -0.3 is 10.4 Å². The maximum atomic E-state index is 12.6. The normalized spacial score (nSPS) is 10.7. The molecule has 0 unspecified atom stereocenters. The summed E-state index contributed by atoms with van der Waals surface area (Å²) in [5.74, 6) is -0.466. The van der Waals surface area contributed by atoms with Gasteiger partial charge in [0.25, 0.3) is 11.6 Å². The molecule has 7 nitrogen and oxygen atoms in total. The third-order valence-corrected chi connectivity index (χ3v) is 6.97. The summed E-state index contributed by atoms with van der Waals surface area (Å²) in [6.07, 6.45) is 3.30. The summed E-state index contributed by atoms with van der Waals surface area (Å²) in [5, 5.41) is 23.6. The number of nitrogens with one attached hydrogen (secondary N) is 1. The highest BCUT2D eigenvalue weighted by atomic mass is 35.5. The van der Waals surface area contributed by atoms with Gasteiger partial charge >= 0.3 is 0 Å². The van der Waals surface area contributed by atoms with Crippen molar-refractivity contribution in [1.82, 2.24) is 4.98 Å². The quantitative estimate of drug-likeness (QED) is 0.359.